The first-order valence-electron chi connectivity index (χ1n) is 6.35. The molecule has 0 radical (unpaired) electrons. The molecule has 3 rings (SSSR count). The van der Waals surface area contributed by atoms with Gasteiger partial charge in [0.25, 0.3) is 5.91 Å². The minimum absolute atomic E-state index is 0.105. The van der Waals surface area contributed by atoms with E-state index in [9.17, 15) is 4.79 Å². The normalized spacial score (nSPS) is 14.3. The Morgan fingerprint density at radius 2 is 2.15 bits per heavy atom. The van der Waals surface area contributed by atoms with Gasteiger partial charge >= 0.3 is 0 Å². The van der Waals surface area contributed by atoms with Crippen LogP contribution in [-0.4, -0.2) is 15.5 Å². The molecule has 0 saturated heterocycles. The van der Waals surface area contributed by atoms with Crippen LogP contribution in [0.5, 0.6) is 0 Å². The van der Waals surface area contributed by atoms with Crippen LogP contribution in [-0.2, 0) is 0 Å². The van der Waals surface area contributed by atoms with E-state index >= 15 is 0 Å². The zero-order valence-electron chi connectivity index (χ0n) is 10.9. The lowest BCUT2D eigenvalue weighted by atomic mass is 10.3. The molecule has 1 saturated carbocycles. The van der Waals surface area contributed by atoms with Crippen LogP contribution < -0.4 is 5.32 Å². The van der Waals surface area contributed by atoms with Gasteiger partial charge in [-0.1, -0.05) is 0 Å². The molecular formula is C14H13Br2N3O. The van der Waals surface area contributed by atoms with Gasteiger partial charge in [-0.05, 0) is 69.3 Å². The fourth-order valence-corrected chi connectivity index (χ4v) is 2.76. The molecule has 20 heavy (non-hydrogen) atoms. The number of aryl methyl sites for hydroxylation is 1. The molecule has 0 atom stereocenters. The molecule has 2 aromatic heterocycles. The average Bonchev–Trinajstić information content (AvgIpc) is 3.17. The van der Waals surface area contributed by atoms with Gasteiger partial charge in [-0.15, -0.1) is 0 Å². The van der Waals surface area contributed by atoms with Crippen molar-refractivity contribution < 1.29 is 4.79 Å². The predicted octanol–water partition coefficient (Wildman–Crippen LogP) is 4.30. The summed E-state index contributed by atoms with van der Waals surface area (Å²) in [5, 5.41) is 2.90. The number of pyridine rings is 1. The number of hydrogen-bond acceptors (Lipinski definition) is 2. The summed E-state index contributed by atoms with van der Waals surface area (Å²) in [5.41, 5.74) is 2.37. The van der Waals surface area contributed by atoms with Crippen molar-refractivity contribution in [3.05, 3.63) is 44.9 Å². The van der Waals surface area contributed by atoms with E-state index in [0.717, 1.165) is 27.5 Å². The van der Waals surface area contributed by atoms with Crippen LogP contribution in [0, 0.1) is 6.92 Å². The van der Waals surface area contributed by atoms with Gasteiger partial charge in [0.1, 0.15) is 10.3 Å². The number of rotatable bonds is 3. The van der Waals surface area contributed by atoms with Crippen LogP contribution in [0.4, 0.5) is 5.69 Å². The van der Waals surface area contributed by atoms with Crippen LogP contribution in [0.3, 0.4) is 0 Å². The highest BCUT2D eigenvalue weighted by molar-refractivity contribution is 9.10. The van der Waals surface area contributed by atoms with Gasteiger partial charge < -0.3 is 9.88 Å². The minimum Gasteiger partial charge on any atom is -0.339 e. The molecule has 1 amide bonds. The van der Waals surface area contributed by atoms with Crippen LogP contribution in [0.25, 0.3) is 0 Å². The Balaban J connectivity index is 1.84. The van der Waals surface area contributed by atoms with E-state index in [0.29, 0.717) is 17.4 Å². The molecule has 6 heteroatoms. The van der Waals surface area contributed by atoms with Gasteiger partial charge in [0.15, 0.2) is 0 Å². The molecule has 0 spiro atoms. The number of carbonyl (C=O) groups excluding carboxylic acids is 1. The first kappa shape index (κ1) is 13.8. The molecule has 1 N–H and O–H groups in total. The quantitative estimate of drug-likeness (QED) is 0.783. The number of hydrogen-bond donors (Lipinski definition) is 1. The first-order chi connectivity index (χ1) is 9.54. The first-order valence-corrected chi connectivity index (χ1v) is 7.94. The van der Waals surface area contributed by atoms with Gasteiger partial charge in [0.2, 0.25) is 0 Å². The van der Waals surface area contributed by atoms with Gasteiger partial charge in [0, 0.05) is 16.7 Å². The van der Waals surface area contributed by atoms with Gasteiger partial charge in [-0.2, -0.15) is 0 Å². The van der Waals surface area contributed by atoms with Crippen LogP contribution >= 0.6 is 31.9 Å². The van der Waals surface area contributed by atoms with E-state index in [-0.39, 0.29) is 5.91 Å². The number of anilines is 1. The molecule has 2 heterocycles. The molecular weight excluding hydrogens is 386 g/mol. The number of nitrogens with one attached hydrogen (secondary N) is 1. The molecule has 1 aliphatic carbocycles. The van der Waals surface area contributed by atoms with Crippen molar-refractivity contribution in [2.45, 2.75) is 25.8 Å². The lowest BCUT2D eigenvalue weighted by Crippen LogP contribution is -2.16. The fraction of sp³-hybridized carbons (Fsp3) is 0.286. The summed E-state index contributed by atoms with van der Waals surface area (Å²) in [5.74, 6) is -0.105. The molecule has 2 aromatic rings. The molecule has 0 bridgehead atoms. The standard InChI is InChI=1S/C14H13Br2N3O/c1-8-4-10(6-17-13(8)16)18-14(20)12-5-9(15)7-19(12)11-2-3-11/h4-7,11H,2-3H2,1H3,(H,18,20). The van der Waals surface area contributed by atoms with Gasteiger partial charge in [-0.25, -0.2) is 4.98 Å². The Hall–Kier alpha value is -1.14. The lowest BCUT2D eigenvalue weighted by Gasteiger charge is -2.09. The van der Waals surface area contributed by atoms with E-state index in [1.165, 1.54) is 0 Å². The highest BCUT2D eigenvalue weighted by Crippen LogP contribution is 2.37. The zero-order chi connectivity index (χ0) is 14.3. The van der Waals surface area contributed by atoms with Crippen molar-refractivity contribution in [1.82, 2.24) is 9.55 Å². The Bertz CT molecular complexity index is 677. The molecule has 0 unspecified atom stereocenters. The van der Waals surface area contributed by atoms with E-state index in [2.05, 4.69) is 42.2 Å². The maximum Gasteiger partial charge on any atom is 0.272 e. The third kappa shape index (κ3) is 2.81. The highest BCUT2D eigenvalue weighted by Gasteiger charge is 2.27. The summed E-state index contributed by atoms with van der Waals surface area (Å²) >= 11 is 6.78. The number of amides is 1. The van der Waals surface area contributed by atoms with Crippen molar-refractivity contribution in [2.75, 3.05) is 5.32 Å². The second-order valence-corrected chi connectivity index (χ2v) is 6.63. The Morgan fingerprint density at radius 1 is 1.40 bits per heavy atom. The van der Waals surface area contributed by atoms with Crippen molar-refractivity contribution in [3.8, 4) is 0 Å². The summed E-state index contributed by atoms with van der Waals surface area (Å²) in [7, 11) is 0. The molecule has 1 aliphatic rings. The van der Waals surface area contributed by atoms with Crippen LogP contribution in [0.2, 0.25) is 0 Å². The zero-order valence-corrected chi connectivity index (χ0v) is 14.0. The highest BCUT2D eigenvalue weighted by atomic mass is 79.9. The number of halogens is 2. The smallest absolute Gasteiger partial charge is 0.272 e. The monoisotopic (exact) mass is 397 g/mol. The summed E-state index contributed by atoms with van der Waals surface area (Å²) in [6.45, 7) is 1.94. The van der Waals surface area contributed by atoms with Crippen molar-refractivity contribution in [3.63, 3.8) is 0 Å². The summed E-state index contributed by atoms with van der Waals surface area (Å²) in [4.78, 5) is 16.6. The van der Waals surface area contributed by atoms with Crippen molar-refractivity contribution in [2.24, 2.45) is 0 Å². The topological polar surface area (TPSA) is 46.9 Å². The molecule has 0 aromatic carbocycles. The second-order valence-electron chi connectivity index (χ2n) is 4.97. The summed E-state index contributed by atoms with van der Waals surface area (Å²) < 4.78 is 3.76. The van der Waals surface area contributed by atoms with Crippen molar-refractivity contribution >= 4 is 43.5 Å². The molecule has 4 nitrogen and oxygen atoms in total. The fourth-order valence-electron chi connectivity index (χ4n) is 2.10. The number of carbonyl (C=O) groups is 1. The molecule has 1 fully saturated rings. The largest absolute Gasteiger partial charge is 0.339 e. The van der Waals surface area contributed by atoms with Crippen molar-refractivity contribution in [1.29, 1.82) is 0 Å². The number of nitrogens with zero attached hydrogens (tertiary/aromatic N) is 2. The Kier molecular flexibility index (Phi) is 3.69. The lowest BCUT2D eigenvalue weighted by molar-refractivity contribution is 0.101. The van der Waals surface area contributed by atoms with Gasteiger partial charge in [-0.3, -0.25) is 4.79 Å². The third-order valence-corrected chi connectivity index (χ3v) is 4.52. The van der Waals surface area contributed by atoms with E-state index in [1.54, 1.807) is 6.20 Å². The number of aromatic nitrogens is 2. The third-order valence-electron chi connectivity index (χ3n) is 3.26. The Morgan fingerprint density at radius 3 is 2.80 bits per heavy atom. The van der Waals surface area contributed by atoms with Crippen LogP contribution in [0.15, 0.2) is 33.6 Å². The van der Waals surface area contributed by atoms with E-state index in [1.807, 2.05) is 29.8 Å². The average molecular weight is 399 g/mol. The summed E-state index contributed by atoms with van der Waals surface area (Å²) in [6.07, 6.45) is 5.90. The van der Waals surface area contributed by atoms with Crippen LogP contribution in [0.1, 0.15) is 34.9 Å². The Labute approximate surface area is 133 Å². The maximum atomic E-state index is 12.4. The molecule has 0 aliphatic heterocycles. The maximum absolute atomic E-state index is 12.4. The second kappa shape index (κ2) is 5.33. The predicted molar refractivity (Wildman–Crippen MR) is 85.0 cm³/mol. The van der Waals surface area contributed by atoms with E-state index in [4.69, 9.17) is 0 Å². The van der Waals surface area contributed by atoms with Gasteiger partial charge in [0.05, 0.1) is 11.9 Å². The SMILES string of the molecule is Cc1cc(NC(=O)c2cc(Br)cn2C2CC2)cnc1Br. The molecule has 104 valence electrons. The van der Waals surface area contributed by atoms with E-state index < -0.39 is 0 Å². The minimum atomic E-state index is -0.105. The summed E-state index contributed by atoms with van der Waals surface area (Å²) in [6, 6.07) is 4.22.